The topological polar surface area (TPSA) is 31.4 Å². The summed E-state index contributed by atoms with van der Waals surface area (Å²) in [5, 5.41) is 0.957. The van der Waals surface area contributed by atoms with Crippen LogP contribution >= 0.6 is 11.3 Å². The van der Waals surface area contributed by atoms with Gasteiger partial charge in [0.2, 0.25) is 0 Å². The van der Waals surface area contributed by atoms with Crippen molar-refractivity contribution >= 4 is 37.4 Å². The molecule has 0 aliphatic carbocycles. The lowest BCUT2D eigenvalue weighted by Gasteiger charge is -2.11. The van der Waals surface area contributed by atoms with Gasteiger partial charge in [0.1, 0.15) is 5.01 Å². The van der Waals surface area contributed by atoms with E-state index >= 15 is 0 Å². The quantitative estimate of drug-likeness (QED) is 0.288. The molecule has 0 spiro atoms. The highest BCUT2D eigenvalue weighted by Gasteiger charge is 2.14. The van der Waals surface area contributed by atoms with E-state index in [4.69, 9.17) is 12.6 Å². The van der Waals surface area contributed by atoms with Gasteiger partial charge in [-0.25, -0.2) is 4.98 Å². The third-order valence-electron chi connectivity index (χ3n) is 4.73. The summed E-state index contributed by atoms with van der Waals surface area (Å²) in [4.78, 5) is 4.76. The molecule has 0 saturated heterocycles. The Hall–Kier alpha value is -3.10. The molecule has 0 aliphatic rings. The first-order valence-electron chi connectivity index (χ1n) is 9.62. The summed E-state index contributed by atoms with van der Waals surface area (Å²) in [6.45, 7) is 0. The molecule has 1 aromatic heterocycles. The zero-order chi connectivity index (χ0) is 20.2. The first-order chi connectivity index (χ1) is 14.9. The van der Waals surface area contributed by atoms with Crippen molar-refractivity contribution in [1.29, 1.82) is 0 Å². The Bertz CT molecular complexity index is 1240. The molecule has 0 atom stereocenters. The highest BCUT2D eigenvalue weighted by Crippen LogP contribution is 2.35. The minimum atomic E-state index is -0.691. The molecule has 0 saturated carbocycles. The number of hydrogen-bond donors (Lipinski definition) is 0. The lowest BCUT2D eigenvalue weighted by molar-refractivity contribution is 0.460. The third kappa shape index (κ3) is 4.10. The van der Waals surface area contributed by atoms with E-state index in [1.807, 2.05) is 72.8 Å². The van der Waals surface area contributed by atoms with Gasteiger partial charge in [-0.3, -0.25) is 0 Å². The minimum Gasteiger partial charge on any atom is -0.616 e. The predicted octanol–water partition coefficient (Wildman–Crippen LogP) is 6.62. The summed E-state index contributed by atoms with van der Waals surface area (Å²) in [6.07, 6.45) is 0. The van der Waals surface area contributed by atoms with E-state index in [1.165, 1.54) is 15.8 Å². The van der Waals surface area contributed by atoms with Gasteiger partial charge in [0.15, 0.2) is 0 Å². The van der Waals surface area contributed by atoms with Gasteiger partial charge < -0.3 is 7.58 Å². The molecule has 0 amide bonds. The summed E-state index contributed by atoms with van der Waals surface area (Å²) < 4.78 is 13.1. The van der Waals surface area contributed by atoms with Crippen molar-refractivity contribution in [3.63, 3.8) is 0 Å². The van der Waals surface area contributed by atoms with E-state index in [2.05, 4.69) is 30.3 Å². The second-order valence-electron chi connectivity index (χ2n) is 6.71. The number of aromatic nitrogens is 1. The number of hydrogen-bond acceptors (Lipinski definition) is 4. The summed E-state index contributed by atoms with van der Waals surface area (Å²) in [5.74, 6) is 1.61. The van der Waals surface area contributed by atoms with Crippen LogP contribution in [0.2, 0.25) is 0 Å². The molecule has 0 N–H and O–H groups in total. The second-order valence-corrected chi connectivity index (χ2v) is 8.40. The smallest absolute Gasteiger partial charge is 0.616 e. The van der Waals surface area contributed by atoms with Crippen LogP contribution in [0.3, 0.4) is 0 Å². The van der Waals surface area contributed by atoms with Crippen LogP contribution < -0.4 is 7.58 Å². The Morgan fingerprint density at radius 3 is 2.17 bits per heavy atom. The summed E-state index contributed by atoms with van der Waals surface area (Å²) >= 11 is 0.981. The third-order valence-corrected chi connectivity index (χ3v) is 6.52. The van der Waals surface area contributed by atoms with Crippen LogP contribution in [0.1, 0.15) is 0 Å². The molecule has 0 aliphatic heterocycles. The summed E-state index contributed by atoms with van der Waals surface area (Å²) in [5.41, 5.74) is 4.36. The fraction of sp³-hybridized carbons (Fsp3) is 0. The van der Waals surface area contributed by atoms with E-state index in [1.54, 1.807) is 11.3 Å². The molecule has 5 heteroatoms. The molecular formula is C25H17AlNO2S. The maximum absolute atomic E-state index is 6.03. The van der Waals surface area contributed by atoms with Crippen LogP contribution in [0.5, 0.6) is 11.5 Å². The lowest BCUT2D eigenvalue weighted by Crippen LogP contribution is -2.11. The van der Waals surface area contributed by atoms with Crippen molar-refractivity contribution in [1.82, 2.24) is 4.98 Å². The highest BCUT2D eigenvalue weighted by atomic mass is 32.1. The van der Waals surface area contributed by atoms with Crippen molar-refractivity contribution in [2.75, 3.05) is 0 Å². The molecule has 0 bridgehead atoms. The number of para-hydroxylation sites is 2. The van der Waals surface area contributed by atoms with Gasteiger partial charge in [-0.2, -0.15) is 0 Å². The van der Waals surface area contributed by atoms with Crippen LogP contribution in [0, 0.1) is 0 Å². The van der Waals surface area contributed by atoms with Crippen molar-refractivity contribution in [3.8, 4) is 33.2 Å². The number of benzene rings is 4. The van der Waals surface area contributed by atoms with Crippen molar-refractivity contribution in [2.45, 2.75) is 0 Å². The fourth-order valence-electron chi connectivity index (χ4n) is 3.22. The first kappa shape index (κ1) is 18.9. The molecule has 143 valence electrons. The molecule has 0 fully saturated rings. The van der Waals surface area contributed by atoms with Crippen LogP contribution in [0.15, 0.2) is 103 Å². The van der Waals surface area contributed by atoms with Crippen LogP contribution in [0.4, 0.5) is 0 Å². The molecule has 30 heavy (non-hydrogen) atoms. The summed E-state index contributed by atoms with van der Waals surface area (Å²) in [6, 6.07) is 34.6. The van der Waals surface area contributed by atoms with E-state index in [0.717, 1.165) is 27.6 Å². The molecule has 3 nitrogen and oxygen atoms in total. The van der Waals surface area contributed by atoms with Crippen molar-refractivity contribution < 1.29 is 7.58 Å². The Balaban J connectivity index is 1.28. The lowest BCUT2D eigenvalue weighted by atomic mass is 10.1. The van der Waals surface area contributed by atoms with Crippen molar-refractivity contribution in [2.24, 2.45) is 0 Å². The van der Waals surface area contributed by atoms with Crippen LogP contribution in [0.25, 0.3) is 31.9 Å². The largest absolute Gasteiger partial charge is 0.881 e. The van der Waals surface area contributed by atoms with Crippen LogP contribution in [-0.4, -0.2) is 20.9 Å². The van der Waals surface area contributed by atoms with Gasteiger partial charge in [0.05, 0.1) is 21.7 Å². The second kappa shape index (κ2) is 8.73. The minimum absolute atomic E-state index is 0.691. The standard InChI is InChI=1S/C13H9NOS.C12H10O.Al/c15-11-7-3-1-5-9(11)13-14-10-6-2-4-8-12(10)16-13;13-12-8-6-11(7-9-12)10-4-2-1-3-5-10;/h1-8,15H;1-9,13H;/q;;+2/p-2. The zero-order valence-corrected chi connectivity index (χ0v) is 18.0. The number of rotatable bonds is 6. The first-order valence-corrected chi connectivity index (χ1v) is 11.4. The van der Waals surface area contributed by atoms with Crippen molar-refractivity contribution in [3.05, 3.63) is 103 Å². The molecule has 5 rings (SSSR count). The van der Waals surface area contributed by atoms with E-state index < -0.39 is 15.9 Å². The van der Waals surface area contributed by atoms with Gasteiger partial charge in [-0.15, -0.1) is 11.3 Å². The molecule has 5 aromatic rings. The Kier molecular flexibility index (Phi) is 5.50. The highest BCUT2D eigenvalue weighted by molar-refractivity contribution is 7.21. The molecule has 1 radical (unpaired) electrons. The average molecular weight is 422 g/mol. The van der Waals surface area contributed by atoms with E-state index in [0.29, 0.717) is 0 Å². The van der Waals surface area contributed by atoms with Gasteiger partial charge in [-0.1, -0.05) is 66.7 Å². The zero-order valence-electron chi connectivity index (χ0n) is 16.1. The fourth-order valence-corrected chi connectivity index (χ4v) is 4.84. The number of thiazole rings is 1. The average Bonchev–Trinajstić information content (AvgIpc) is 3.25. The Morgan fingerprint density at radius 2 is 1.33 bits per heavy atom. The van der Waals surface area contributed by atoms with E-state index in [9.17, 15) is 0 Å². The maximum Gasteiger partial charge on any atom is 0.881 e. The Morgan fingerprint density at radius 1 is 0.633 bits per heavy atom. The Labute approximate surface area is 186 Å². The van der Waals surface area contributed by atoms with Gasteiger partial charge >= 0.3 is 15.9 Å². The molecular weight excluding hydrogens is 405 g/mol. The molecule has 0 unspecified atom stereocenters. The van der Waals surface area contributed by atoms with Crippen LogP contribution in [-0.2, 0) is 0 Å². The van der Waals surface area contributed by atoms with Gasteiger partial charge in [-0.05, 0) is 47.5 Å². The summed E-state index contributed by atoms with van der Waals surface area (Å²) in [7, 11) is 0. The van der Waals surface area contributed by atoms with Gasteiger partial charge in [0.25, 0.3) is 0 Å². The predicted molar refractivity (Wildman–Crippen MR) is 124 cm³/mol. The number of nitrogens with zero attached hydrogens (tertiary/aromatic N) is 1. The maximum atomic E-state index is 6.03. The SMILES string of the molecule is c1ccc(-c2ccc([O][Al][O]c3ccccc3-c3nc4ccccc4s3)cc2)cc1. The molecule has 1 heterocycles. The van der Waals surface area contributed by atoms with Gasteiger partial charge in [0, 0.05) is 5.56 Å². The number of fused-ring (bicyclic) bond motifs is 1. The van der Waals surface area contributed by atoms with E-state index in [-0.39, 0.29) is 0 Å². The molecule has 4 aromatic carbocycles. The monoisotopic (exact) mass is 422 g/mol. The normalized spacial score (nSPS) is 10.7.